The summed E-state index contributed by atoms with van der Waals surface area (Å²) in [5.41, 5.74) is 0.211. The Morgan fingerprint density at radius 3 is 2.47 bits per heavy atom. The van der Waals surface area contributed by atoms with E-state index in [9.17, 15) is 18.0 Å². The molecule has 0 saturated heterocycles. The van der Waals surface area contributed by atoms with Gasteiger partial charge in [0.25, 0.3) is 0 Å². The second-order valence-corrected chi connectivity index (χ2v) is 4.80. The molecule has 0 aliphatic heterocycles. The minimum Gasteiger partial charge on any atom is -0.294 e. The molecule has 0 aromatic heterocycles. The van der Waals surface area contributed by atoms with E-state index >= 15 is 0 Å². The lowest BCUT2D eigenvalue weighted by Crippen LogP contribution is -2.06. The first-order valence-corrected chi connectivity index (χ1v) is 6.19. The molecule has 0 aliphatic rings. The van der Waals surface area contributed by atoms with Crippen LogP contribution in [0, 0.1) is 17.5 Å². The Hall–Kier alpha value is -1.62. The van der Waals surface area contributed by atoms with Crippen LogP contribution in [0.15, 0.2) is 40.9 Å². The number of carbonyl (C=O) groups is 1. The van der Waals surface area contributed by atoms with Crippen molar-refractivity contribution in [1.29, 1.82) is 0 Å². The van der Waals surface area contributed by atoms with Crippen molar-refractivity contribution < 1.29 is 18.0 Å². The topological polar surface area (TPSA) is 17.1 Å². The van der Waals surface area contributed by atoms with E-state index < -0.39 is 23.2 Å². The Balaban J connectivity index is 2.26. The van der Waals surface area contributed by atoms with Gasteiger partial charge in [0.15, 0.2) is 17.4 Å². The van der Waals surface area contributed by atoms with E-state index in [2.05, 4.69) is 15.9 Å². The predicted molar refractivity (Wildman–Crippen MR) is 68.5 cm³/mol. The van der Waals surface area contributed by atoms with Crippen LogP contribution in [0.25, 0.3) is 0 Å². The van der Waals surface area contributed by atoms with Crippen LogP contribution in [0.4, 0.5) is 13.2 Å². The van der Waals surface area contributed by atoms with E-state index in [1.54, 1.807) is 0 Å². The van der Waals surface area contributed by atoms with E-state index in [4.69, 9.17) is 0 Å². The fourth-order valence-electron chi connectivity index (χ4n) is 1.63. The lowest BCUT2D eigenvalue weighted by molar-refractivity contribution is 0.0991. The summed E-state index contributed by atoms with van der Waals surface area (Å²) in [5.74, 6) is -2.93. The summed E-state index contributed by atoms with van der Waals surface area (Å²) in [7, 11) is 0. The minimum atomic E-state index is -1.03. The molecule has 5 heteroatoms. The number of hydrogen-bond acceptors (Lipinski definition) is 1. The van der Waals surface area contributed by atoms with Gasteiger partial charge < -0.3 is 0 Å². The van der Waals surface area contributed by atoms with Crippen molar-refractivity contribution in [3.05, 3.63) is 69.4 Å². The van der Waals surface area contributed by atoms with Gasteiger partial charge >= 0.3 is 0 Å². The lowest BCUT2D eigenvalue weighted by Gasteiger charge is -2.04. The van der Waals surface area contributed by atoms with Crippen molar-refractivity contribution in [1.82, 2.24) is 0 Å². The molecule has 0 heterocycles. The molecule has 0 radical (unpaired) electrons. The number of carbonyl (C=O) groups excluding carboxylic acids is 1. The number of halogens is 4. The summed E-state index contributed by atoms with van der Waals surface area (Å²) >= 11 is 2.96. The Morgan fingerprint density at radius 2 is 1.79 bits per heavy atom. The van der Waals surface area contributed by atoms with E-state index in [-0.39, 0.29) is 22.0 Å². The average molecular weight is 329 g/mol. The molecule has 0 N–H and O–H groups in total. The van der Waals surface area contributed by atoms with Gasteiger partial charge in [0.2, 0.25) is 0 Å². The third-order valence-corrected chi connectivity index (χ3v) is 3.23. The molecule has 0 aliphatic carbocycles. The number of Topliss-reactive ketones (excluding diaryl/α,β-unsaturated/α-hetero) is 1. The van der Waals surface area contributed by atoms with E-state index in [0.717, 1.165) is 12.1 Å². The zero-order chi connectivity index (χ0) is 14.0. The molecule has 0 spiro atoms. The predicted octanol–water partition coefficient (Wildman–Crippen LogP) is 4.29. The van der Waals surface area contributed by atoms with Crippen LogP contribution >= 0.6 is 15.9 Å². The fourth-order valence-corrected chi connectivity index (χ4v) is 2.01. The Kier molecular flexibility index (Phi) is 4.04. The first-order valence-electron chi connectivity index (χ1n) is 5.40. The first kappa shape index (κ1) is 13.8. The summed E-state index contributed by atoms with van der Waals surface area (Å²) in [6.45, 7) is 0. The molecular formula is C14H8BrF3O. The third kappa shape index (κ3) is 3.04. The van der Waals surface area contributed by atoms with E-state index in [0.29, 0.717) is 0 Å². The van der Waals surface area contributed by atoms with Crippen molar-refractivity contribution in [3.63, 3.8) is 0 Å². The van der Waals surface area contributed by atoms with Crippen molar-refractivity contribution in [2.45, 2.75) is 6.42 Å². The highest BCUT2D eigenvalue weighted by Crippen LogP contribution is 2.19. The van der Waals surface area contributed by atoms with Crippen LogP contribution in [-0.2, 0) is 6.42 Å². The summed E-state index contributed by atoms with van der Waals surface area (Å²) in [6, 6.07) is 7.42. The molecule has 0 amide bonds. The maximum atomic E-state index is 13.4. The first-order chi connectivity index (χ1) is 8.99. The van der Waals surface area contributed by atoms with Crippen LogP contribution in [0.3, 0.4) is 0 Å². The van der Waals surface area contributed by atoms with Gasteiger partial charge in [0.05, 0.1) is 4.47 Å². The zero-order valence-electron chi connectivity index (χ0n) is 9.59. The van der Waals surface area contributed by atoms with Gasteiger partial charge in [-0.25, -0.2) is 13.2 Å². The highest BCUT2D eigenvalue weighted by Gasteiger charge is 2.14. The number of hydrogen-bond donors (Lipinski definition) is 0. The highest BCUT2D eigenvalue weighted by atomic mass is 79.9. The van der Waals surface area contributed by atoms with Gasteiger partial charge in [-0.2, -0.15) is 0 Å². The second kappa shape index (κ2) is 5.57. The molecule has 0 bridgehead atoms. The summed E-state index contributed by atoms with van der Waals surface area (Å²) < 4.78 is 39.6. The highest BCUT2D eigenvalue weighted by molar-refractivity contribution is 9.10. The third-order valence-electron chi connectivity index (χ3n) is 2.62. The van der Waals surface area contributed by atoms with E-state index in [1.807, 2.05) is 0 Å². The zero-order valence-corrected chi connectivity index (χ0v) is 11.2. The molecule has 98 valence electrons. The number of benzene rings is 2. The van der Waals surface area contributed by atoms with Crippen molar-refractivity contribution >= 4 is 21.7 Å². The van der Waals surface area contributed by atoms with Gasteiger partial charge in [-0.15, -0.1) is 0 Å². The van der Waals surface area contributed by atoms with Gasteiger partial charge in [0.1, 0.15) is 5.82 Å². The monoisotopic (exact) mass is 328 g/mol. The standard InChI is InChI=1S/C14H8BrF3O/c15-10-6-8(4-5-11(10)16)13(19)7-9-2-1-3-12(17)14(9)18/h1-6H,7H2. The minimum absolute atomic E-state index is 0.0227. The van der Waals surface area contributed by atoms with Gasteiger partial charge in [-0.3, -0.25) is 4.79 Å². The quantitative estimate of drug-likeness (QED) is 0.768. The summed E-state index contributed by atoms with van der Waals surface area (Å²) in [5, 5.41) is 0. The molecule has 0 atom stereocenters. The summed E-state index contributed by atoms with van der Waals surface area (Å²) in [6.07, 6.45) is -0.276. The SMILES string of the molecule is O=C(Cc1cccc(F)c1F)c1ccc(F)c(Br)c1. The van der Waals surface area contributed by atoms with Crippen LogP contribution in [0.1, 0.15) is 15.9 Å². The molecule has 0 unspecified atom stereocenters. The molecule has 1 nitrogen and oxygen atoms in total. The molecule has 0 saturated carbocycles. The van der Waals surface area contributed by atoms with Crippen LogP contribution < -0.4 is 0 Å². The van der Waals surface area contributed by atoms with Gasteiger partial charge in [-0.1, -0.05) is 12.1 Å². The maximum absolute atomic E-state index is 13.4. The normalized spacial score (nSPS) is 10.5. The Morgan fingerprint density at radius 1 is 1.05 bits per heavy atom. The molecule has 2 aromatic carbocycles. The van der Waals surface area contributed by atoms with Crippen molar-refractivity contribution in [2.75, 3.05) is 0 Å². The van der Waals surface area contributed by atoms with E-state index in [1.165, 1.54) is 24.3 Å². The lowest BCUT2D eigenvalue weighted by atomic mass is 10.0. The maximum Gasteiger partial charge on any atom is 0.167 e. The largest absolute Gasteiger partial charge is 0.294 e. The van der Waals surface area contributed by atoms with Crippen LogP contribution in [0.2, 0.25) is 0 Å². The second-order valence-electron chi connectivity index (χ2n) is 3.94. The number of ketones is 1. The molecule has 0 fully saturated rings. The molecule has 19 heavy (non-hydrogen) atoms. The molecule has 2 aromatic rings. The molecular weight excluding hydrogens is 321 g/mol. The van der Waals surface area contributed by atoms with Gasteiger partial charge in [0, 0.05) is 12.0 Å². The Labute approximate surface area is 116 Å². The van der Waals surface area contributed by atoms with Crippen LogP contribution in [-0.4, -0.2) is 5.78 Å². The average Bonchev–Trinajstić information content (AvgIpc) is 2.38. The van der Waals surface area contributed by atoms with Crippen LogP contribution in [0.5, 0.6) is 0 Å². The van der Waals surface area contributed by atoms with Crippen molar-refractivity contribution in [3.8, 4) is 0 Å². The fraction of sp³-hybridized carbons (Fsp3) is 0.0714. The Bertz CT molecular complexity index is 641. The molecule has 2 rings (SSSR count). The van der Waals surface area contributed by atoms with Gasteiger partial charge in [-0.05, 0) is 45.8 Å². The smallest absolute Gasteiger partial charge is 0.167 e. The van der Waals surface area contributed by atoms with Crippen molar-refractivity contribution in [2.24, 2.45) is 0 Å². The number of rotatable bonds is 3. The summed E-state index contributed by atoms with van der Waals surface area (Å²) in [4.78, 5) is 11.9.